The predicted molar refractivity (Wildman–Crippen MR) is 83.2 cm³/mol. The minimum Gasteiger partial charge on any atom is -0.436 e. The summed E-state index contributed by atoms with van der Waals surface area (Å²) in [5.74, 6) is 1.26. The van der Waals surface area contributed by atoms with E-state index in [1.165, 1.54) is 0 Å². The summed E-state index contributed by atoms with van der Waals surface area (Å²) in [4.78, 5) is 8.86. The second-order valence-electron chi connectivity index (χ2n) is 4.68. The molecule has 0 spiro atoms. The van der Waals surface area contributed by atoms with Crippen molar-refractivity contribution in [2.45, 2.75) is 13.8 Å². The molecule has 100 valence electrons. The number of benzene rings is 1. The molecule has 0 aliphatic carbocycles. The van der Waals surface area contributed by atoms with Gasteiger partial charge in [0, 0.05) is 17.3 Å². The molecular weight excluding hydrogens is 316 g/mol. The first kappa shape index (κ1) is 13.1. The van der Waals surface area contributed by atoms with Crippen molar-refractivity contribution in [2.24, 2.45) is 0 Å². The minimum atomic E-state index is 0.548. The Morgan fingerprint density at radius 1 is 1.10 bits per heavy atom. The normalized spacial score (nSPS) is 10.8. The average Bonchev–Trinajstić information content (AvgIpc) is 2.42. The Kier molecular flexibility index (Phi) is 3.40. The smallest absolute Gasteiger partial charge is 0.233 e. The van der Waals surface area contributed by atoms with E-state index in [9.17, 15) is 0 Å². The summed E-state index contributed by atoms with van der Waals surface area (Å²) in [5, 5.41) is 1.05. The molecule has 2 aromatic heterocycles. The van der Waals surface area contributed by atoms with Crippen molar-refractivity contribution in [1.82, 2.24) is 9.97 Å². The van der Waals surface area contributed by atoms with Gasteiger partial charge in [-0.15, -0.1) is 0 Å². The summed E-state index contributed by atoms with van der Waals surface area (Å²) in [6.45, 7) is 3.96. The van der Waals surface area contributed by atoms with Gasteiger partial charge in [-0.25, -0.2) is 9.97 Å². The lowest BCUT2D eigenvalue weighted by Crippen LogP contribution is -1.93. The molecule has 0 fully saturated rings. The number of fused-ring (bicyclic) bond motifs is 1. The van der Waals surface area contributed by atoms with Crippen molar-refractivity contribution in [3.63, 3.8) is 0 Å². The van der Waals surface area contributed by atoms with Crippen molar-refractivity contribution in [3.05, 3.63) is 58.3 Å². The van der Waals surface area contributed by atoms with Crippen LogP contribution in [0.2, 0.25) is 0 Å². The van der Waals surface area contributed by atoms with Crippen LogP contribution in [0.15, 0.2) is 47.1 Å². The standard InChI is InChI=1S/C16H13BrN2O/c1-10-8-13(17)16(18-9-10)20-14-5-3-4-12-7-6-11(2)19-15(12)14/h3-9H,1-2H3. The molecule has 0 aliphatic rings. The summed E-state index contributed by atoms with van der Waals surface area (Å²) in [5.41, 5.74) is 2.89. The van der Waals surface area contributed by atoms with Gasteiger partial charge in [0.2, 0.25) is 5.88 Å². The van der Waals surface area contributed by atoms with E-state index in [4.69, 9.17) is 4.74 Å². The summed E-state index contributed by atoms with van der Waals surface area (Å²) in [7, 11) is 0. The van der Waals surface area contributed by atoms with E-state index in [0.29, 0.717) is 11.6 Å². The van der Waals surface area contributed by atoms with E-state index in [-0.39, 0.29) is 0 Å². The van der Waals surface area contributed by atoms with Crippen LogP contribution in [0.25, 0.3) is 10.9 Å². The third kappa shape index (κ3) is 2.51. The zero-order valence-electron chi connectivity index (χ0n) is 11.2. The number of nitrogens with zero attached hydrogens (tertiary/aromatic N) is 2. The highest BCUT2D eigenvalue weighted by molar-refractivity contribution is 9.10. The third-order valence-corrected chi connectivity index (χ3v) is 3.54. The molecule has 0 saturated heterocycles. The highest BCUT2D eigenvalue weighted by Crippen LogP contribution is 2.31. The number of hydrogen-bond donors (Lipinski definition) is 0. The summed E-state index contributed by atoms with van der Waals surface area (Å²) >= 11 is 3.48. The number of halogens is 1. The lowest BCUT2D eigenvalue weighted by Gasteiger charge is -2.09. The van der Waals surface area contributed by atoms with Gasteiger partial charge in [0.1, 0.15) is 5.52 Å². The van der Waals surface area contributed by atoms with E-state index in [1.807, 2.05) is 50.2 Å². The Labute approximate surface area is 125 Å². The van der Waals surface area contributed by atoms with Crippen LogP contribution >= 0.6 is 15.9 Å². The van der Waals surface area contributed by atoms with E-state index >= 15 is 0 Å². The molecule has 0 bridgehead atoms. The largest absolute Gasteiger partial charge is 0.436 e. The Morgan fingerprint density at radius 2 is 1.95 bits per heavy atom. The number of rotatable bonds is 2. The van der Waals surface area contributed by atoms with Gasteiger partial charge in [-0.1, -0.05) is 18.2 Å². The zero-order chi connectivity index (χ0) is 14.1. The molecule has 4 heteroatoms. The fourth-order valence-electron chi connectivity index (χ4n) is 2.00. The molecule has 0 amide bonds. The first-order valence-corrected chi connectivity index (χ1v) is 7.09. The zero-order valence-corrected chi connectivity index (χ0v) is 12.8. The fraction of sp³-hybridized carbons (Fsp3) is 0.125. The molecule has 0 atom stereocenters. The van der Waals surface area contributed by atoms with E-state index in [1.54, 1.807) is 6.20 Å². The number of para-hydroxylation sites is 1. The maximum absolute atomic E-state index is 5.91. The third-order valence-electron chi connectivity index (χ3n) is 2.97. The number of aromatic nitrogens is 2. The molecule has 0 aliphatic heterocycles. The maximum atomic E-state index is 5.91. The summed E-state index contributed by atoms with van der Waals surface area (Å²) in [6.07, 6.45) is 1.78. The Bertz CT molecular complexity index is 787. The van der Waals surface area contributed by atoms with Gasteiger partial charge in [0.25, 0.3) is 0 Å². The molecule has 1 aromatic carbocycles. The maximum Gasteiger partial charge on any atom is 0.233 e. The van der Waals surface area contributed by atoms with E-state index in [2.05, 4.69) is 25.9 Å². The average molecular weight is 329 g/mol. The van der Waals surface area contributed by atoms with Crippen molar-refractivity contribution in [2.75, 3.05) is 0 Å². The topological polar surface area (TPSA) is 35.0 Å². The molecular formula is C16H13BrN2O. The SMILES string of the molecule is Cc1cnc(Oc2cccc3ccc(C)nc23)c(Br)c1. The molecule has 0 unspecified atom stereocenters. The van der Waals surface area contributed by atoms with Gasteiger partial charge < -0.3 is 4.74 Å². The Balaban J connectivity index is 2.08. The lowest BCUT2D eigenvalue weighted by atomic mass is 10.2. The molecule has 0 radical (unpaired) electrons. The van der Waals surface area contributed by atoms with Crippen LogP contribution in [-0.2, 0) is 0 Å². The van der Waals surface area contributed by atoms with Crippen LogP contribution in [0.5, 0.6) is 11.6 Å². The van der Waals surface area contributed by atoms with Crippen molar-refractivity contribution in [3.8, 4) is 11.6 Å². The lowest BCUT2D eigenvalue weighted by molar-refractivity contribution is 0.463. The van der Waals surface area contributed by atoms with Crippen LogP contribution in [-0.4, -0.2) is 9.97 Å². The molecule has 0 N–H and O–H groups in total. The number of aryl methyl sites for hydroxylation is 2. The van der Waals surface area contributed by atoms with E-state index in [0.717, 1.165) is 26.6 Å². The molecule has 20 heavy (non-hydrogen) atoms. The Hall–Kier alpha value is -1.94. The van der Waals surface area contributed by atoms with Gasteiger partial charge in [0.15, 0.2) is 5.75 Å². The monoisotopic (exact) mass is 328 g/mol. The Morgan fingerprint density at radius 3 is 2.75 bits per heavy atom. The predicted octanol–water partition coefficient (Wildman–Crippen LogP) is 4.80. The second kappa shape index (κ2) is 5.21. The number of hydrogen-bond acceptors (Lipinski definition) is 3. The second-order valence-corrected chi connectivity index (χ2v) is 5.54. The molecule has 3 aromatic rings. The van der Waals surface area contributed by atoms with Gasteiger partial charge >= 0.3 is 0 Å². The molecule has 0 saturated carbocycles. The number of ether oxygens (including phenoxy) is 1. The molecule has 3 nitrogen and oxygen atoms in total. The highest BCUT2D eigenvalue weighted by atomic mass is 79.9. The van der Waals surface area contributed by atoms with Crippen molar-refractivity contribution < 1.29 is 4.74 Å². The highest BCUT2D eigenvalue weighted by Gasteiger charge is 2.09. The number of pyridine rings is 2. The minimum absolute atomic E-state index is 0.548. The molecule has 2 heterocycles. The first-order valence-electron chi connectivity index (χ1n) is 6.30. The van der Waals surface area contributed by atoms with Crippen molar-refractivity contribution in [1.29, 1.82) is 0 Å². The van der Waals surface area contributed by atoms with Crippen LogP contribution in [0.3, 0.4) is 0 Å². The van der Waals surface area contributed by atoms with E-state index < -0.39 is 0 Å². The van der Waals surface area contributed by atoms with Crippen LogP contribution in [0.1, 0.15) is 11.3 Å². The quantitative estimate of drug-likeness (QED) is 0.677. The van der Waals surface area contributed by atoms with Gasteiger partial charge in [0.05, 0.1) is 4.47 Å². The summed E-state index contributed by atoms with van der Waals surface area (Å²) in [6, 6.07) is 11.9. The summed E-state index contributed by atoms with van der Waals surface area (Å²) < 4.78 is 6.75. The molecule has 3 rings (SSSR count). The van der Waals surface area contributed by atoms with Crippen LogP contribution in [0.4, 0.5) is 0 Å². The van der Waals surface area contributed by atoms with Gasteiger partial charge in [-0.3, -0.25) is 0 Å². The fourth-order valence-corrected chi connectivity index (χ4v) is 2.54. The van der Waals surface area contributed by atoms with Crippen molar-refractivity contribution >= 4 is 26.8 Å². The van der Waals surface area contributed by atoms with Crippen LogP contribution in [0, 0.1) is 13.8 Å². The van der Waals surface area contributed by atoms with Gasteiger partial charge in [-0.05, 0) is 53.5 Å². The van der Waals surface area contributed by atoms with Gasteiger partial charge in [-0.2, -0.15) is 0 Å². The van der Waals surface area contributed by atoms with Crippen LogP contribution < -0.4 is 4.74 Å². The first-order chi connectivity index (χ1) is 9.63.